The summed E-state index contributed by atoms with van der Waals surface area (Å²) < 4.78 is 7.21. The summed E-state index contributed by atoms with van der Waals surface area (Å²) in [6.45, 7) is 4.19. The normalized spacial score (nSPS) is 10.6. The summed E-state index contributed by atoms with van der Waals surface area (Å²) in [6, 6.07) is 7.76. The molecule has 0 saturated heterocycles. The minimum atomic E-state index is 0.359. The van der Waals surface area contributed by atoms with Crippen LogP contribution in [0, 0.1) is 0 Å². The van der Waals surface area contributed by atoms with Crippen LogP contribution in [-0.2, 0) is 12.8 Å². The molecule has 0 aliphatic carbocycles. The predicted molar refractivity (Wildman–Crippen MR) is 84.8 cm³/mol. The summed E-state index contributed by atoms with van der Waals surface area (Å²) in [5.74, 6) is 0.760. The first-order valence-corrected chi connectivity index (χ1v) is 7.07. The van der Waals surface area contributed by atoms with Crippen molar-refractivity contribution in [3.63, 3.8) is 0 Å². The topological polar surface area (TPSA) is 53.1 Å². The highest BCUT2D eigenvalue weighted by Gasteiger charge is 2.14. The van der Waals surface area contributed by atoms with Gasteiger partial charge in [0.1, 0.15) is 10.7 Å². The maximum atomic E-state index is 5.82. The molecule has 1 heterocycles. The number of ether oxygens (including phenoxy) is 1. The Morgan fingerprint density at radius 1 is 1.30 bits per heavy atom. The van der Waals surface area contributed by atoms with Gasteiger partial charge in [0.15, 0.2) is 0 Å². The Morgan fingerprint density at radius 2 is 2.05 bits per heavy atom. The van der Waals surface area contributed by atoms with Gasteiger partial charge in [0.25, 0.3) is 0 Å². The molecule has 2 N–H and O–H groups in total. The molecule has 0 aliphatic heterocycles. The lowest BCUT2D eigenvalue weighted by molar-refractivity contribution is 0.414. The van der Waals surface area contributed by atoms with Gasteiger partial charge in [-0.2, -0.15) is 5.10 Å². The van der Waals surface area contributed by atoms with Crippen molar-refractivity contribution >= 4 is 17.2 Å². The number of thiocarbonyl (C=S) groups is 1. The molecule has 0 fully saturated rings. The molecule has 0 aliphatic rings. The zero-order valence-corrected chi connectivity index (χ0v) is 12.8. The quantitative estimate of drug-likeness (QED) is 0.860. The van der Waals surface area contributed by atoms with Crippen molar-refractivity contribution < 1.29 is 4.74 Å². The van der Waals surface area contributed by atoms with E-state index in [0.717, 1.165) is 41.2 Å². The lowest BCUT2D eigenvalue weighted by Crippen LogP contribution is -2.15. The van der Waals surface area contributed by atoms with Crippen LogP contribution in [0.2, 0.25) is 0 Å². The molecule has 1 aromatic carbocycles. The fourth-order valence-electron chi connectivity index (χ4n) is 2.13. The molecule has 0 saturated carbocycles. The third-order valence-corrected chi connectivity index (χ3v) is 3.48. The minimum absolute atomic E-state index is 0.359. The van der Waals surface area contributed by atoms with Gasteiger partial charge >= 0.3 is 0 Å². The standard InChI is InChI=1S/C15H19N3OS/c1-4-10-8-11(5-2)18(17-10)14-9-12(19-3)6-7-13(14)15(16)20/h6-9H,4-5H2,1-3H3,(H2,16,20). The molecule has 0 spiro atoms. The molecule has 1 aromatic heterocycles. The zero-order valence-electron chi connectivity index (χ0n) is 12.0. The molecule has 2 aromatic rings. The Morgan fingerprint density at radius 3 is 2.60 bits per heavy atom. The van der Waals surface area contributed by atoms with Crippen molar-refractivity contribution in [3.8, 4) is 11.4 Å². The van der Waals surface area contributed by atoms with E-state index in [2.05, 4.69) is 25.0 Å². The zero-order chi connectivity index (χ0) is 14.7. The van der Waals surface area contributed by atoms with Crippen LogP contribution in [0.15, 0.2) is 24.3 Å². The van der Waals surface area contributed by atoms with E-state index in [1.807, 2.05) is 22.9 Å². The number of hydrogen-bond donors (Lipinski definition) is 1. The number of nitrogens with two attached hydrogens (primary N) is 1. The summed E-state index contributed by atoms with van der Waals surface area (Å²) in [5, 5.41) is 4.63. The Kier molecular flexibility index (Phi) is 4.39. The first kappa shape index (κ1) is 14.5. The number of methoxy groups -OCH3 is 1. The second-order valence-electron chi connectivity index (χ2n) is 4.49. The number of aromatic nitrogens is 2. The number of aryl methyl sites for hydroxylation is 2. The summed E-state index contributed by atoms with van der Waals surface area (Å²) in [5.41, 5.74) is 9.69. The summed E-state index contributed by atoms with van der Waals surface area (Å²) in [4.78, 5) is 0.359. The molecule has 4 nitrogen and oxygen atoms in total. The third kappa shape index (κ3) is 2.67. The molecule has 0 unspecified atom stereocenters. The fourth-order valence-corrected chi connectivity index (χ4v) is 2.30. The molecule has 0 bridgehead atoms. The molecule has 0 amide bonds. The number of nitrogens with zero attached hydrogens (tertiary/aromatic N) is 2. The molecule has 106 valence electrons. The average molecular weight is 289 g/mol. The van der Waals surface area contributed by atoms with Gasteiger partial charge in [-0.05, 0) is 31.0 Å². The van der Waals surface area contributed by atoms with Crippen LogP contribution in [0.25, 0.3) is 5.69 Å². The van der Waals surface area contributed by atoms with Crippen molar-refractivity contribution in [2.24, 2.45) is 5.73 Å². The van der Waals surface area contributed by atoms with Gasteiger partial charge in [-0.1, -0.05) is 26.1 Å². The van der Waals surface area contributed by atoms with Gasteiger partial charge in [-0.3, -0.25) is 0 Å². The monoisotopic (exact) mass is 289 g/mol. The van der Waals surface area contributed by atoms with Crippen molar-refractivity contribution in [1.82, 2.24) is 9.78 Å². The lowest BCUT2D eigenvalue weighted by Gasteiger charge is -2.12. The van der Waals surface area contributed by atoms with Gasteiger partial charge in [0.2, 0.25) is 0 Å². The lowest BCUT2D eigenvalue weighted by atomic mass is 10.1. The van der Waals surface area contributed by atoms with E-state index < -0.39 is 0 Å². The minimum Gasteiger partial charge on any atom is -0.497 e. The van der Waals surface area contributed by atoms with Crippen molar-refractivity contribution in [2.75, 3.05) is 7.11 Å². The van der Waals surface area contributed by atoms with Gasteiger partial charge in [-0.25, -0.2) is 4.68 Å². The SMILES string of the molecule is CCc1cc(CC)n(-c2cc(OC)ccc2C(N)=S)n1. The van der Waals surface area contributed by atoms with Crippen LogP contribution in [0.5, 0.6) is 5.75 Å². The average Bonchev–Trinajstić information content (AvgIpc) is 2.89. The van der Waals surface area contributed by atoms with E-state index >= 15 is 0 Å². The van der Waals surface area contributed by atoms with Crippen LogP contribution < -0.4 is 10.5 Å². The second kappa shape index (κ2) is 6.05. The molecule has 0 radical (unpaired) electrons. The van der Waals surface area contributed by atoms with Crippen LogP contribution in [-0.4, -0.2) is 21.9 Å². The molecule has 0 atom stereocenters. The largest absolute Gasteiger partial charge is 0.497 e. The van der Waals surface area contributed by atoms with E-state index in [1.54, 1.807) is 7.11 Å². The second-order valence-corrected chi connectivity index (χ2v) is 4.93. The van der Waals surface area contributed by atoms with Crippen molar-refractivity contribution in [2.45, 2.75) is 26.7 Å². The Bertz CT molecular complexity index is 634. The number of benzene rings is 1. The third-order valence-electron chi connectivity index (χ3n) is 3.26. The van der Waals surface area contributed by atoms with Crippen LogP contribution in [0.3, 0.4) is 0 Å². The summed E-state index contributed by atoms with van der Waals surface area (Å²) in [7, 11) is 1.64. The summed E-state index contributed by atoms with van der Waals surface area (Å²) in [6.07, 6.45) is 1.79. The Balaban J connectivity index is 2.66. The van der Waals surface area contributed by atoms with Gasteiger partial charge in [-0.15, -0.1) is 0 Å². The van der Waals surface area contributed by atoms with Crippen LogP contribution in [0.4, 0.5) is 0 Å². The highest BCUT2D eigenvalue weighted by atomic mass is 32.1. The van der Waals surface area contributed by atoms with E-state index in [0.29, 0.717) is 4.99 Å². The first-order valence-electron chi connectivity index (χ1n) is 6.66. The summed E-state index contributed by atoms with van der Waals surface area (Å²) >= 11 is 5.14. The van der Waals surface area contributed by atoms with Gasteiger partial charge in [0, 0.05) is 17.3 Å². The van der Waals surface area contributed by atoms with E-state index in [1.165, 1.54) is 0 Å². The first-order chi connectivity index (χ1) is 9.60. The smallest absolute Gasteiger partial charge is 0.121 e. The fraction of sp³-hybridized carbons (Fsp3) is 0.333. The molecular weight excluding hydrogens is 270 g/mol. The maximum Gasteiger partial charge on any atom is 0.121 e. The Hall–Kier alpha value is -1.88. The van der Waals surface area contributed by atoms with Crippen LogP contribution >= 0.6 is 12.2 Å². The van der Waals surface area contributed by atoms with Crippen LogP contribution in [0.1, 0.15) is 30.8 Å². The maximum absolute atomic E-state index is 5.82. The molecule has 2 rings (SSSR count). The highest BCUT2D eigenvalue weighted by molar-refractivity contribution is 7.80. The highest BCUT2D eigenvalue weighted by Crippen LogP contribution is 2.23. The van der Waals surface area contributed by atoms with E-state index in [9.17, 15) is 0 Å². The Labute approximate surface area is 124 Å². The number of rotatable bonds is 5. The molecule has 5 heteroatoms. The molecular formula is C15H19N3OS. The number of hydrogen-bond acceptors (Lipinski definition) is 3. The van der Waals surface area contributed by atoms with E-state index in [4.69, 9.17) is 22.7 Å². The van der Waals surface area contributed by atoms with Gasteiger partial charge in [0.05, 0.1) is 18.5 Å². The van der Waals surface area contributed by atoms with E-state index in [-0.39, 0.29) is 0 Å². The molecule has 20 heavy (non-hydrogen) atoms. The predicted octanol–water partition coefficient (Wildman–Crippen LogP) is 2.64. The van der Waals surface area contributed by atoms with Gasteiger partial charge < -0.3 is 10.5 Å². The van der Waals surface area contributed by atoms with Crippen molar-refractivity contribution in [1.29, 1.82) is 0 Å². The van der Waals surface area contributed by atoms with Crippen molar-refractivity contribution in [3.05, 3.63) is 41.2 Å².